The van der Waals surface area contributed by atoms with Gasteiger partial charge in [-0.2, -0.15) is 0 Å². The van der Waals surface area contributed by atoms with Crippen molar-refractivity contribution in [3.05, 3.63) is 40.4 Å². The average Bonchev–Trinajstić information content (AvgIpc) is 2.73. The summed E-state index contributed by atoms with van der Waals surface area (Å²) in [5.41, 5.74) is 3.73. The van der Waals surface area contributed by atoms with Gasteiger partial charge in [0.25, 0.3) is 0 Å². The standard InChI is InChI=1S/C13H14BrNS/c1-3-11-12(8-14)16-13(15-11)10-6-4-9(2)5-7-10/h4-7H,3,8H2,1-2H3. The van der Waals surface area contributed by atoms with Crippen molar-refractivity contribution in [2.45, 2.75) is 25.6 Å². The minimum atomic E-state index is 0.902. The highest BCUT2D eigenvalue weighted by atomic mass is 79.9. The number of halogens is 1. The Kier molecular flexibility index (Phi) is 3.77. The van der Waals surface area contributed by atoms with Crippen LogP contribution in [0, 0.1) is 6.92 Å². The highest BCUT2D eigenvalue weighted by molar-refractivity contribution is 9.08. The Hall–Kier alpha value is -0.670. The molecule has 0 radical (unpaired) electrons. The van der Waals surface area contributed by atoms with Gasteiger partial charge in [-0.1, -0.05) is 52.7 Å². The summed E-state index contributed by atoms with van der Waals surface area (Å²) < 4.78 is 0. The van der Waals surface area contributed by atoms with Crippen molar-refractivity contribution in [3.8, 4) is 10.6 Å². The zero-order chi connectivity index (χ0) is 11.5. The zero-order valence-electron chi connectivity index (χ0n) is 9.46. The molecule has 0 saturated heterocycles. The Morgan fingerprint density at radius 3 is 2.44 bits per heavy atom. The van der Waals surface area contributed by atoms with Crippen molar-refractivity contribution in [1.29, 1.82) is 0 Å². The molecule has 0 spiro atoms. The van der Waals surface area contributed by atoms with E-state index in [4.69, 9.17) is 0 Å². The fraction of sp³-hybridized carbons (Fsp3) is 0.308. The van der Waals surface area contributed by atoms with Crippen LogP contribution in [-0.4, -0.2) is 4.98 Å². The van der Waals surface area contributed by atoms with Crippen molar-refractivity contribution in [3.63, 3.8) is 0 Å². The van der Waals surface area contributed by atoms with Gasteiger partial charge in [-0.05, 0) is 13.3 Å². The first kappa shape index (κ1) is 11.8. The van der Waals surface area contributed by atoms with Gasteiger partial charge in [-0.15, -0.1) is 11.3 Å². The first-order valence-electron chi connectivity index (χ1n) is 5.36. The molecule has 2 aromatic rings. The highest BCUT2D eigenvalue weighted by Crippen LogP contribution is 2.29. The second-order valence-electron chi connectivity index (χ2n) is 3.74. The van der Waals surface area contributed by atoms with Crippen LogP contribution in [0.1, 0.15) is 23.1 Å². The van der Waals surface area contributed by atoms with E-state index in [1.165, 1.54) is 21.7 Å². The monoisotopic (exact) mass is 295 g/mol. The molecular formula is C13H14BrNS. The zero-order valence-corrected chi connectivity index (χ0v) is 11.9. The van der Waals surface area contributed by atoms with Crippen LogP contribution < -0.4 is 0 Å². The summed E-state index contributed by atoms with van der Waals surface area (Å²) in [7, 11) is 0. The van der Waals surface area contributed by atoms with Gasteiger partial charge in [0.05, 0.1) is 5.69 Å². The molecule has 0 aliphatic carbocycles. The third kappa shape index (κ3) is 2.36. The van der Waals surface area contributed by atoms with Crippen molar-refractivity contribution >= 4 is 27.3 Å². The number of rotatable bonds is 3. The number of benzene rings is 1. The maximum Gasteiger partial charge on any atom is 0.123 e. The number of hydrogen-bond acceptors (Lipinski definition) is 2. The van der Waals surface area contributed by atoms with Crippen molar-refractivity contribution in [1.82, 2.24) is 4.98 Å². The third-order valence-electron chi connectivity index (χ3n) is 2.53. The van der Waals surface area contributed by atoms with Crippen LogP contribution in [0.5, 0.6) is 0 Å². The van der Waals surface area contributed by atoms with E-state index in [0.29, 0.717) is 0 Å². The van der Waals surface area contributed by atoms with E-state index >= 15 is 0 Å². The van der Waals surface area contributed by atoms with E-state index < -0.39 is 0 Å². The summed E-state index contributed by atoms with van der Waals surface area (Å²) in [5.74, 6) is 0. The molecule has 2 rings (SSSR count). The van der Waals surface area contributed by atoms with Crippen LogP contribution in [0.3, 0.4) is 0 Å². The first-order valence-corrected chi connectivity index (χ1v) is 7.30. The molecule has 1 aromatic carbocycles. The number of thiazole rings is 1. The molecule has 0 fully saturated rings. The fourth-order valence-electron chi connectivity index (χ4n) is 1.58. The van der Waals surface area contributed by atoms with Gasteiger partial charge in [-0.3, -0.25) is 0 Å². The van der Waals surface area contributed by atoms with Crippen LogP contribution in [0.15, 0.2) is 24.3 Å². The van der Waals surface area contributed by atoms with E-state index in [-0.39, 0.29) is 0 Å². The van der Waals surface area contributed by atoms with Crippen molar-refractivity contribution < 1.29 is 0 Å². The van der Waals surface area contributed by atoms with Gasteiger partial charge in [-0.25, -0.2) is 4.98 Å². The van der Waals surface area contributed by atoms with Gasteiger partial charge >= 0.3 is 0 Å². The number of aryl methyl sites for hydroxylation is 2. The largest absolute Gasteiger partial charge is 0.241 e. The van der Waals surface area contributed by atoms with Crippen LogP contribution in [-0.2, 0) is 11.8 Å². The fourth-order valence-corrected chi connectivity index (χ4v) is 3.26. The number of nitrogens with zero attached hydrogens (tertiary/aromatic N) is 1. The Morgan fingerprint density at radius 1 is 1.25 bits per heavy atom. The summed E-state index contributed by atoms with van der Waals surface area (Å²) in [5, 5.41) is 2.03. The minimum absolute atomic E-state index is 0.902. The van der Waals surface area contributed by atoms with E-state index in [1.807, 2.05) is 0 Å². The van der Waals surface area contributed by atoms with Crippen LogP contribution in [0.2, 0.25) is 0 Å². The molecule has 1 heterocycles. The van der Waals surface area contributed by atoms with E-state index in [0.717, 1.165) is 16.8 Å². The maximum absolute atomic E-state index is 4.69. The Bertz CT molecular complexity index is 452. The predicted molar refractivity (Wildman–Crippen MR) is 74.3 cm³/mol. The molecule has 0 amide bonds. The molecule has 0 bridgehead atoms. The molecule has 0 aliphatic heterocycles. The molecule has 1 nitrogen and oxygen atoms in total. The first-order chi connectivity index (χ1) is 7.74. The van der Waals surface area contributed by atoms with Gasteiger partial charge in [0.15, 0.2) is 0 Å². The molecule has 3 heteroatoms. The molecule has 0 aliphatic rings. The van der Waals surface area contributed by atoms with Crippen LogP contribution in [0.4, 0.5) is 0 Å². The number of aromatic nitrogens is 1. The maximum atomic E-state index is 4.69. The van der Waals surface area contributed by atoms with Gasteiger partial charge in [0.1, 0.15) is 5.01 Å². The van der Waals surface area contributed by atoms with Gasteiger partial charge in [0.2, 0.25) is 0 Å². The van der Waals surface area contributed by atoms with Crippen LogP contribution in [0.25, 0.3) is 10.6 Å². The van der Waals surface area contributed by atoms with E-state index in [9.17, 15) is 0 Å². The predicted octanol–water partition coefficient (Wildman–Crippen LogP) is 4.58. The van der Waals surface area contributed by atoms with E-state index in [2.05, 4.69) is 59.0 Å². The Morgan fingerprint density at radius 2 is 1.94 bits per heavy atom. The second-order valence-corrected chi connectivity index (χ2v) is 5.39. The van der Waals surface area contributed by atoms with Gasteiger partial charge < -0.3 is 0 Å². The Labute approximate surface area is 109 Å². The summed E-state index contributed by atoms with van der Waals surface area (Å²) in [6.07, 6.45) is 1.00. The average molecular weight is 296 g/mol. The summed E-state index contributed by atoms with van der Waals surface area (Å²) in [6, 6.07) is 8.56. The van der Waals surface area contributed by atoms with E-state index in [1.54, 1.807) is 11.3 Å². The molecule has 16 heavy (non-hydrogen) atoms. The second kappa shape index (κ2) is 5.11. The van der Waals surface area contributed by atoms with Crippen molar-refractivity contribution in [2.75, 3.05) is 0 Å². The molecule has 84 valence electrons. The lowest BCUT2D eigenvalue weighted by Crippen LogP contribution is -1.84. The summed E-state index contributed by atoms with van der Waals surface area (Å²) in [4.78, 5) is 6.03. The quantitative estimate of drug-likeness (QED) is 0.756. The van der Waals surface area contributed by atoms with Crippen molar-refractivity contribution in [2.24, 2.45) is 0 Å². The number of hydrogen-bond donors (Lipinski definition) is 0. The SMILES string of the molecule is CCc1nc(-c2ccc(C)cc2)sc1CBr. The lowest BCUT2D eigenvalue weighted by atomic mass is 10.2. The Balaban J connectivity index is 2.40. The van der Waals surface area contributed by atoms with Crippen LogP contribution >= 0.6 is 27.3 Å². The normalized spacial score (nSPS) is 10.7. The topological polar surface area (TPSA) is 12.9 Å². The smallest absolute Gasteiger partial charge is 0.123 e. The lowest BCUT2D eigenvalue weighted by molar-refractivity contribution is 1.04. The minimum Gasteiger partial charge on any atom is -0.241 e. The lowest BCUT2D eigenvalue weighted by Gasteiger charge is -1.96. The molecule has 0 saturated carbocycles. The molecular weight excluding hydrogens is 282 g/mol. The summed E-state index contributed by atoms with van der Waals surface area (Å²) >= 11 is 5.30. The van der Waals surface area contributed by atoms with Gasteiger partial charge in [0, 0.05) is 15.8 Å². The molecule has 1 aromatic heterocycles. The molecule has 0 atom stereocenters. The highest BCUT2D eigenvalue weighted by Gasteiger charge is 2.09. The molecule has 0 N–H and O–H groups in total. The molecule has 0 unspecified atom stereocenters. The summed E-state index contributed by atoms with van der Waals surface area (Å²) in [6.45, 7) is 4.26. The number of alkyl halides is 1. The third-order valence-corrected chi connectivity index (χ3v) is 4.61.